The quantitative estimate of drug-likeness (QED) is 0.529. The lowest BCUT2D eigenvalue weighted by Gasteiger charge is -2.04. The van der Waals surface area contributed by atoms with Gasteiger partial charge in [-0.05, 0) is 42.8 Å². The molecule has 0 fully saturated rings. The zero-order chi connectivity index (χ0) is 19.3. The Morgan fingerprint density at radius 2 is 1.89 bits per heavy atom. The van der Waals surface area contributed by atoms with Crippen molar-refractivity contribution in [1.29, 1.82) is 0 Å². The maximum atomic E-state index is 13.0. The van der Waals surface area contributed by atoms with Crippen LogP contribution in [-0.2, 0) is 13.0 Å². The summed E-state index contributed by atoms with van der Waals surface area (Å²) >= 11 is 1.73. The molecule has 0 aliphatic rings. The molecule has 0 aliphatic heterocycles. The second-order valence-electron chi connectivity index (χ2n) is 6.32. The van der Waals surface area contributed by atoms with Gasteiger partial charge in [-0.1, -0.05) is 25.1 Å². The molecule has 4 aromatic rings. The van der Waals surface area contributed by atoms with E-state index in [1.54, 1.807) is 34.6 Å². The third-order valence-corrected chi connectivity index (χ3v) is 5.63. The molecule has 0 saturated heterocycles. The van der Waals surface area contributed by atoms with E-state index in [1.807, 2.05) is 42.5 Å². The Kier molecular flexibility index (Phi) is 5.30. The fourth-order valence-corrected chi connectivity index (χ4v) is 3.84. The standard InChI is InChI=1S/C22H20N4OS/c1-2-18-10-11-19(28-18)14-24-22(27)20-15-26(17-8-4-3-5-9-17)25-21(20)16-7-6-12-23-13-16/h3-13,15H,2,14H2,1H3,(H,24,27). The smallest absolute Gasteiger partial charge is 0.255 e. The molecule has 5 nitrogen and oxygen atoms in total. The number of pyridine rings is 1. The number of carbonyl (C=O) groups is 1. The van der Waals surface area contributed by atoms with Crippen LogP contribution in [0.15, 0.2) is 73.2 Å². The minimum Gasteiger partial charge on any atom is -0.347 e. The van der Waals surface area contributed by atoms with Crippen LogP contribution in [0.4, 0.5) is 0 Å². The number of aryl methyl sites for hydroxylation is 1. The van der Waals surface area contributed by atoms with E-state index in [2.05, 4.69) is 34.5 Å². The Morgan fingerprint density at radius 1 is 1.07 bits per heavy atom. The molecule has 3 heterocycles. The van der Waals surface area contributed by atoms with Crippen LogP contribution in [0.3, 0.4) is 0 Å². The minimum absolute atomic E-state index is 0.146. The van der Waals surface area contributed by atoms with E-state index in [0.717, 1.165) is 22.5 Å². The number of hydrogen-bond donors (Lipinski definition) is 1. The second-order valence-corrected chi connectivity index (χ2v) is 7.57. The van der Waals surface area contributed by atoms with E-state index in [-0.39, 0.29) is 5.91 Å². The number of carbonyl (C=O) groups excluding carboxylic acids is 1. The summed E-state index contributed by atoms with van der Waals surface area (Å²) in [6.45, 7) is 2.64. The molecular weight excluding hydrogens is 368 g/mol. The van der Waals surface area contributed by atoms with Gasteiger partial charge in [0.25, 0.3) is 5.91 Å². The number of hydrogen-bond acceptors (Lipinski definition) is 4. The third kappa shape index (κ3) is 3.87. The van der Waals surface area contributed by atoms with E-state index < -0.39 is 0 Å². The van der Waals surface area contributed by atoms with E-state index in [9.17, 15) is 4.79 Å². The average molecular weight is 388 g/mol. The van der Waals surface area contributed by atoms with E-state index >= 15 is 0 Å². The lowest BCUT2D eigenvalue weighted by molar-refractivity contribution is 0.0952. The van der Waals surface area contributed by atoms with Gasteiger partial charge in [-0.2, -0.15) is 5.10 Å². The van der Waals surface area contributed by atoms with Gasteiger partial charge in [0.2, 0.25) is 0 Å². The molecule has 1 aromatic carbocycles. The molecule has 140 valence electrons. The Morgan fingerprint density at radius 3 is 2.61 bits per heavy atom. The van der Waals surface area contributed by atoms with Crippen LogP contribution in [0.2, 0.25) is 0 Å². The number of benzene rings is 1. The summed E-state index contributed by atoms with van der Waals surface area (Å²) in [7, 11) is 0. The Hall–Kier alpha value is -3.25. The van der Waals surface area contributed by atoms with Crippen molar-refractivity contribution in [2.75, 3.05) is 0 Å². The minimum atomic E-state index is -0.146. The summed E-state index contributed by atoms with van der Waals surface area (Å²) in [5.74, 6) is -0.146. The largest absolute Gasteiger partial charge is 0.347 e. The molecule has 0 unspecified atom stereocenters. The highest BCUT2D eigenvalue weighted by Crippen LogP contribution is 2.23. The molecule has 0 bridgehead atoms. The van der Waals surface area contributed by atoms with E-state index in [4.69, 9.17) is 0 Å². The van der Waals surface area contributed by atoms with Gasteiger partial charge in [0.05, 0.1) is 17.8 Å². The molecule has 0 atom stereocenters. The van der Waals surface area contributed by atoms with Gasteiger partial charge in [-0.3, -0.25) is 9.78 Å². The van der Waals surface area contributed by atoms with Crippen LogP contribution in [0, 0.1) is 0 Å². The van der Waals surface area contributed by atoms with Crippen molar-refractivity contribution in [2.45, 2.75) is 19.9 Å². The first-order chi connectivity index (χ1) is 13.7. The molecule has 1 amide bonds. The summed E-state index contributed by atoms with van der Waals surface area (Å²) < 4.78 is 1.73. The molecule has 3 aromatic heterocycles. The summed E-state index contributed by atoms with van der Waals surface area (Å²) in [5.41, 5.74) is 2.86. The predicted octanol–water partition coefficient (Wildman–Crippen LogP) is 4.49. The van der Waals surface area contributed by atoms with Crippen molar-refractivity contribution in [3.63, 3.8) is 0 Å². The summed E-state index contributed by atoms with van der Waals surface area (Å²) in [4.78, 5) is 19.6. The third-order valence-electron chi connectivity index (χ3n) is 4.40. The maximum absolute atomic E-state index is 13.0. The molecule has 0 saturated carbocycles. The molecule has 4 rings (SSSR count). The first-order valence-electron chi connectivity index (χ1n) is 9.16. The van der Waals surface area contributed by atoms with Crippen LogP contribution >= 0.6 is 11.3 Å². The Bertz CT molecular complexity index is 1070. The Labute approximate surface area is 167 Å². The predicted molar refractivity (Wildman–Crippen MR) is 112 cm³/mol. The van der Waals surface area contributed by atoms with Crippen molar-refractivity contribution in [2.24, 2.45) is 0 Å². The number of para-hydroxylation sites is 1. The van der Waals surface area contributed by atoms with Crippen molar-refractivity contribution in [1.82, 2.24) is 20.1 Å². The van der Waals surface area contributed by atoms with E-state index in [1.165, 1.54) is 4.88 Å². The zero-order valence-corrected chi connectivity index (χ0v) is 16.3. The van der Waals surface area contributed by atoms with Crippen LogP contribution in [0.25, 0.3) is 16.9 Å². The number of nitrogens with one attached hydrogen (secondary N) is 1. The highest BCUT2D eigenvalue weighted by atomic mass is 32.1. The van der Waals surface area contributed by atoms with E-state index in [0.29, 0.717) is 17.8 Å². The number of aromatic nitrogens is 3. The monoisotopic (exact) mass is 388 g/mol. The van der Waals surface area contributed by atoms with Crippen LogP contribution < -0.4 is 5.32 Å². The van der Waals surface area contributed by atoms with Gasteiger partial charge in [-0.15, -0.1) is 11.3 Å². The molecule has 0 spiro atoms. The van der Waals surface area contributed by atoms with Gasteiger partial charge in [0.15, 0.2) is 0 Å². The SMILES string of the molecule is CCc1ccc(CNC(=O)c2cn(-c3ccccc3)nc2-c2cccnc2)s1. The van der Waals surface area contributed by atoms with Crippen molar-refractivity contribution in [3.8, 4) is 16.9 Å². The fraction of sp³-hybridized carbons (Fsp3) is 0.136. The number of rotatable bonds is 6. The van der Waals surface area contributed by atoms with Crippen LogP contribution in [0.5, 0.6) is 0 Å². The summed E-state index contributed by atoms with van der Waals surface area (Å²) in [6, 6.07) is 17.7. The Balaban J connectivity index is 1.64. The molecule has 1 N–H and O–H groups in total. The summed E-state index contributed by atoms with van der Waals surface area (Å²) in [5, 5.41) is 7.69. The maximum Gasteiger partial charge on any atom is 0.255 e. The molecule has 28 heavy (non-hydrogen) atoms. The average Bonchev–Trinajstić information content (AvgIpc) is 3.40. The zero-order valence-electron chi connectivity index (χ0n) is 15.5. The normalized spacial score (nSPS) is 10.8. The highest BCUT2D eigenvalue weighted by molar-refractivity contribution is 7.11. The van der Waals surface area contributed by atoms with Gasteiger partial charge in [0, 0.05) is 33.9 Å². The summed E-state index contributed by atoms with van der Waals surface area (Å²) in [6.07, 6.45) is 6.22. The molecule has 0 radical (unpaired) electrons. The van der Waals surface area contributed by atoms with Gasteiger partial charge >= 0.3 is 0 Å². The lowest BCUT2D eigenvalue weighted by Crippen LogP contribution is -2.22. The topological polar surface area (TPSA) is 59.8 Å². The number of nitrogens with zero attached hydrogens (tertiary/aromatic N) is 3. The van der Waals surface area contributed by atoms with Gasteiger partial charge in [0.1, 0.15) is 5.69 Å². The van der Waals surface area contributed by atoms with Crippen molar-refractivity contribution < 1.29 is 4.79 Å². The molecular formula is C22H20N4OS. The first-order valence-corrected chi connectivity index (χ1v) is 9.97. The molecule has 0 aliphatic carbocycles. The lowest BCUT2D eigenvalue weighted by atomic mass is 10.1. The van der Waals surface area contributed by atoms with Crippen LogP contribution in [-0.4, -0.2) is 20.7 Å². The number of thiophene rings is 1. The van der Waals surface area contributed by atoms with Gasteiger partial charge < -0.3 is 5.32 Å². The van der Waals surface area contributed by atoms with Crippen LogP contribution in [0.1, 0.15) is 27.0 Å². The first kappa shape index (κ1) is 18.1. The second kappa shape index (κ2) is 8.19. The highest BCUT2D eigenvalue weighted by Gasteiger charge is 2.19. The molecule has 6 heteroatoms. The van der Waals surface area contributed by atoms with Crippen molar-refractivity contribution >= 4 is 17.2 Å². The number of amides is 1. The van der Waals surface area contributed by atoms with Crippen molar-refractivity contribution in [3.05, 3.63) is 88.5 Å². The fourth-order valence-electron chi connectivity index (χ4n) is 2.94. The van der Waals surface area contributed by atoms with Gasteiger partial charge in [-0.25, -0.2) is 4.68 Å².